The number of hydrogen-bond acceptors (Lipinski definition) is 5. The van der Waals surface area contributed by atoms with Crippen molar-refractivity contribution in [1.82, 2.24) is 9.88 Å². The molecule has 3 heterocycles. The summed E-state index contributed by atoms with van der Waals surface area (Å²) in [6, 6.07) is 6.51. The van der Waals surface area contributed by atoms with E-state index in [0.29, 0.717) is 18.2 Å². The number of rotatable bonds is 3. The molecular weight excluding hydrogens is 318 g/mol. The number of aryl methyl sites for hydroxylation is 1. The molecule has 1 aromatic carbocycles. The Kier molecular flexibility index (Phi) is 4.00. The number of carbonyl (C=O) groups excluding carboxylic acids is 1. The Labute approximate surface area is 147 Å². The standard InChI is InChI=1S/C19H23N3O3/c1-4-24-19-20-15(11-25-19)18(23)22-16-6-5-12(2)9-13(16)14-10-21(3)8-7-17(14)22/h5-6,9,11,14,17H,4,7-8,10H2,1-3H3/t14-,17+/m0/s1. The molecule has 1 saturated heterocycles. The van der Waals surface area contributed by atoms with E-state index in [1.807, 2.05) is 11.8 Å². The highest BCUT2D eigenvalue weighted by molar-refractivity contribution is 6.06. The minimum atomic E-state index is -0.114. The van der Waals surface area contributed by atoms with Crippen LogP contribution in [0, 0.1) is 6.92 Å². The van der Waals surface area contributed by atoms with Gasteiger partial charge in [-0.3, -0.25) is 4.79 Å². The van der Waals surface area contributed by atoms with Gasteiger partial charge in [0.25, 0.3) is 5.91 Å². The molecule has 1 fully saturated rings. The Hall–Kier alpha value is -2.34. The number of fused-ring (bicyclic) bond motifs is 3. The van der Waals surface area contributed by atoms with E-state index in [1.54, 1.807) is 0 Å². The lowest BCUT2D eigenvalue weighted by Gasteiger charge is -2.36. The SMILES string of the molecule is CCOc1nc(C(=O)N2c3ccc(C)cc3[C@@H]3CN(C)CC[C@H]32)co1. The number of oxazole rings is 1. The molecule has 0 aliphatic carbocycles. The zero-order valence-corrected chi connectivity index (χ0v) is 14.9. The molecule has 0 unspecified atom stereocenters. The van der Waals surface area contributed by atoms with Crippen LogP contribution in [-0.4, -0.2) is 48.6 Å². The Balaban J connectivity index is 1.71. The second-order valence-corrected chi connectivity index (χ2v) is 6.89. The van der Waals surface area contributed by atoms with Gasteiger partial charge in [0, 0.05) is 24.2 Å². The van der Waals surface area contributed by atoms with Crippen LogP contribution in [0.1, 0.15) is 40.9 Å². The van der Waals surface area contributed by atoms with E-state index < -0.39 is 0 Å². The van der Waals surface area contributed by atoms with E-state index in [1.165, 1.54) is 17.4 Å². The summed E-state index contributed by atoms with van der Waals surface area (Å²) >= 11 is 0. The molecule has 2 aromatic rings. The average molecular weight is 341 g/mol. The van der Waals surface area contributed by atoms with Crippen LogP contribution in [0.4, 0.5) is 5.69 Å². The molecule has 0 bridgehead atoms. The molecule has 0 radical (unpaired) electrons. The summed E-state index contributed by atoms with van der Waals surface area (Å²) in [6.07, 6.45) is 2.49. The van der Waals surface area contributed by atoms with Gasteiger partial charge in [-0.25, -0.2) is 0 Å². The van der Waals surface area contributed by atoms with Crippen molar-refractivity contribution in [2.24, 2.45) is 0 Å². The molecule has 6 heteroatoms. The summed E-state index contributed by atoms with van der Waals surface area (Å²) < 4.78 is 10.5. The minimum Gasteiger partial charge on any atom is -0.450 e. The molecule has 2 aliphatic rings. The largest absolute Gasteiger partial charge is 0.450 e. The van der Waals surface area contributed by atoms with E-state index in [4.69, 9.17) is 9.15 Å². The van der Waals surface area contributed by atoms with Crippen LogP contribution in [0.5, 0.6) is 6.08 Å². The summed E-state index contributed by atoms with van der Waals surface area (Å²) in [4.78, 5) is 21.6. The molecule has 2 aliphatic heterocycles. The number of ether oxygens (including phenoxy) is 1. The van der Waals surface area contributed by atoms with E-state index in [2.05, 4.69) is 42.1 Å². The average Bonchev–Trinajstić information content (AvgIpc) is 3.17. The van der Waals surface area contributed by atoms with Crippen LogP contribution in [0.2, 0.25) is 0 Å². The first-order valence-corrected chi connectivity index (χ1v) is 8.79. The number of carbonyl (C=O) groups is 1. The van der Waals surface area contributed by atoms with Crippen molar-refractivity contribution in [2.75, 3.05) is 31.6 Å². The fourth-order valence-electron chi connectivity index (χ4n) is 4.01. The van der Waals surface area contributed by atoms with E-state index in [0.717, 1.165) is 25.2 Å². The summed E-state index contributed by atoms with van der Waals surface area (Å²) in [6.45, 7) is 6.36. The molecule has 1 amide bonds. The van der Waals surface area contributed by atoms with Crippen molar-refractivity contribution < 1.29 is 13.9 Å². The topological polar surface area (TPSA) is 58.8 Å². The number of nitrogens with zero attached hydrogens (tertiary/aromatic N) is 3. The lowest BCUT2D eigenvalue weighted by Crippen LogP contribution is -2.47. The summed E-state index contributed by atoms with van der Waals surface area (Å²) in [5, 5.41) is 0. The molecule has 2 atom stereocenters. The van der Waals surface area contributed by atoms with Gasteiger partial charge in [-0.15, -0.1) is 0 Å². The van der Waals surface area contributed by atoms with Gasteiger partial charge in [0.2, 0.25) is 0 Å². The molecule has 1 aromatic heterocycles. The Morgan fingerprint density at radius 2 is 2.28 bits per heavy atom. The van der Waals surface area contributed by atoms with E-state index in [9.17, 15) is 4.79 Å². The third-order valence-corrected chi connectivity index (χ3v) is 5.14. The van der Waals surface area contributed by atoms with Crippen LogP contribution in [0.15, 0.2) is 28.9 Å². The number of likely N-dealkylation sites (N-methyl/N-ethyl adjacent to an activating group) is 1. The third kappa shape index (κ3) is 2.70. The first-order valence-electron chi connectivity index (χ1n) is 8.79. The zero-order chi connectivity index (χ0) is 17.6. The molecular formula is C19H23N3O3. The van der Waals surface area contributed by atoms with Gasteiger partial charge >= 0.3 is 6.08 Å². The van der Waals surface area contributed by atoms with E-state index in [-0.39, 0.29) is 18.0 Å². The molecule has 6 nitrogen and oxygen atoms in total. The molecule has 0 spiro atoms. The smallest absolute Gasteiger partial charge is 0.394 e. The molecule has 0 saturated carbocycles. The van der Waals surface area contributed by atoms with Crippen LogP contribution in [0.3, 0.4) is 0 Å². The number of anilines is 1. The highest BCUT2D eigenvalue weighted by Crippen LogP contribution is 2.45. The quantitative estimate of drug-likeness (QED) is 0.859. The number of amides is 1. The minimum absolute atomic E-state index is 0.114. The predicted octanol–water partition coefficient (Wildman–Crippen LogP) is 2.83. The second-order valence-electron chi connectivity index (χ2n) is 6.89. The number of piperidine rings is 1. The molecule has 132 valence electrons. The Morgan fingerprint density at radius 1 is 1.44 bits per heavy atom. The highest BCUT2D eigenvalue weighted by Gasteiger charge is 2.44. The van der Waals surface area contributed by atoms with Gasteiger partial charge in [0.1, 0.15) is 6.26 Å². The molecule has 25 heavy (non-hydrogen) atoms. The summed E-state index contributed by atoms with van der Waals surface area (Å²) in [5.74, 6) is 0.229. The van der Waals surface area contributed by atoms with Gasteiger partial charge in [-0.2, -0.15) is 4.98 Å². The van der Waals surface area contributed by atoms with E-state index >= 15 is 0 Å². The Morgan fingerprint density at radius 3 is 3.08 bits per heavy atom. The van der Waals surface area contributed by atoms with Gasteiger partial charge in [0.05, 0.1) is 6.61 Å². The van der Waals surface area contributed by atoms with Crippen molar-refractivity contribution in [2.45, 2.75) is 32.2 Å². The van der Waals surface area contributed by atoms with Crippen molar-refractivity contribution in [3.63, 3.8) is 0 Å². The first kappa shape index (κ1) is 16.1. The van der Waals surface area contributed by atoms with Crippen LogP contribution >= 0.6 is 0 Å². The predicted molar refractivity (Wildman–Crippen MR) is 94.3 cm³/mol. The van der Waals surface area contributed by atoms with Crippen LogP contribution in [0.25, 0.3) is 0 Å². The lowest BCUT2D eigenvalue weighted by atomic mass is 9.89. The summed E-state index contributed by atoms with van der Waals surface area (Å²) in [7, 11) is 2.14. The van der Waals surface area contributed by atoms with Crippen molar-refractivity contribution in [1.29, 1.82) is 0 Å². The highest BCUT2D eigenvalue weighted by atomic mass is 16.6. The monoisotopic (exact) mass is 341 g/mol. The number of hydrogen-bond donors (Lipinski definition) is 0. The third-order valence-electron chi connectivity index (χ3n) is 5.14. The second kappa shape index (κ2) is 6.19. The zero-order valence-electron chi connectivity index (χ0n) is 14.9. The van der Waals surface area contributed by atoms with Crippen molar-refractivity contribution in [3.05, 3.63) is 41.3 Å². The molecule has 4 rings (SSSR count). The molecule has 0 N–H and O–H groups in total. The number of benzene rings is 1. The number of aromatic nitrogens is 1. The number of likely N-dealkylation sites (tertiary alicyclic amines) is 1. The van der Waals surface area contributed by atoms with Crippen LogP contribution in [-0.2, 0) is 0 Å². The Bertz CT molecular complexity index is 801. The lowest BCUT2D eigenvalue weighted by molar-refractivity contribution is 0.0959. The fraction of sp³-hybridized carbons (Fsp3) is 0.474. The van der Waals surface area contributed by atoms with Crippen molar-refractivity contribution in [3.8, 4) is 6.08 Å². The maximum atomic E-state index is 13.2. The first-order chi connectivity index (χ1) is 12.1. The van der Waals surface area contributed by atoms with Gasteiger partial charge < -0.3 is 19.0 Å². The van der Waals surface area contributed by atoms with Gasteiger partial charge in [-0.05, 0) is 45.5 Å². The van der Waals surface area contributed by atoms with Gasteiger partial charge in [-0.1, -0.05) is 17.7 Å². The maximum absolute atomic E-state index is 13.2. The van der Waals surface area contributed by atoms with Crippen molar-refractivity contribution >= 4 is 11.6 Å². The van der Waals surface area contributed by atoms with Gasteiger partial charge in [0.15, 0.2) is 5.69 Å². The van der Waals surface area contributed by atoms with Crippen LogP contribution < -0.4 is 9.64 Å². The maximum Gasteiger partial charge on any atom is 0.394 e. The normalized spacial score (nSPS) is 22.6. The fourth-order valence-corrected chi connectivity index (χ4v) is 4.01. The summed E-state index contributed by atoms with van der Waals surface area (Å²) in [5.41, 5.74) is 3.79.